The van der Waals surface area contributed by atoms with Crippen molar-refractivity contribution in [2.75, 3.05) is 17.2 Å². The third-order valence-corrected chi connectivity index (χ3v) is 3.01. The van der Waals surface area contributed by atoms with Crippen molar-refractivity contribution in [2.24, 2.45) is 0 Å². The van der Waals surface area contributed by atoms with Gasteiger partial charge < -0.3 is 10.6 Å². The SMILES string of the molecule is CCCN(c1c(C)cccc1N)C1CC1. The number of hydrogen-bond acceptors (Lipinski definition) is 2. The summed E-state index contributed by atoms with van der Waals surface area (Å²) in [6.45, 7) is 5.50. The Morgan fingerprint density at radius 3 is 2.67 bits per heavy atom. The molecular formula is C13H20N2. The summed E-state index contributed by atoms with van der Waals surface area (Å²) in [5.74, 6) is 0. The molecule has 0 aromatic heterocycles. The molecule has 1 fully saturated rings. The highest BCUT2D eigenvalue weighted by molar-refractivity contribution is 5.72. The minimum atomic E-state index is 0.744. The van der Waals surface area contributed by atoms with E-state index in [0.29, 0.717) is 0 Å². The van der Waals surface area contributed by atoms with E-state index in [9.17, 15) is 0 Å². The number of nitrogens with two attached hydrogens (primary N) is 1. The van der Waals surface area contributed by atoms with Gasteiger partial charge in [-0.15, -0.1) is 0 Å². The molecular weight excluding hydrogens is 184 g/mol. The maximum absolute atomic E-state index is 6.08. The molecule has 1 aliphatic carbocycles. The van der Waals surface area contributed by atoms with Crippen molar-refractivity contribution in [1.82, 2.24) is 0 Å². The highest BCUT2D eigenvalue weighted by Gasteiger charge is 2.30. The van der Waals surface area contributed by atoms with Gasteiger partial charge in [0.05, 0.1) is 11.4 Å². The molecule has 0 heterocycles. The van der Waals surface area contributed by atoms with E-state index in [2.05, 4.69) is 24.8 Å². The molecule has 2 nitrogen and oxygen atoms in total. The van der Waals surface area contributed by atoms with Crippen LogP contribution < -0.4 is 10.6 Å². The minimum absolute atomic E-state index is 0.744. The zero-order valence-electron chi connectivity index (χ0n) is 9.66. The first-order valence-electron chi connectivity index (χ1n) is 5.85. The van der Waals surface area contributed by atoms with Crippen molar-refractivity contribution >= 4 is 11.4 Å². The lowest BCUT2D eigenvalue weighted by molar-refractivity contribution is 0.761. The lowest BCUT2D eigenvalue weighted by atomic mass is 10.1. The second kappa shape index (κ2) is 4.13. The van der Waals surface area contributed by atoms with E-state index < -0.39 is 0 Å². The van der Waals surface area contributed by atoms with Gasteiger partial charge in [-0.1, -0.05) is 19.1 Å². The van der Waals surface area contributed by atoms with E-state index in [1.165, 1.54) is 30.5 Å². The van der Waals surface area contributed by atoms with Crippen molar-refractivity contribution in [2.45, 2.75) is 39.2 Å². The number of nitrogens with zero attached hydrogens (tertiary/aromatic N) is 1. The number of para-hydroxylation sites is 1. The van der Waals surface area contributed by atoms with E-state index in [0.717, 1.165) is 18.3 Å². The fourth-order valence-corrected chi connectivity index (χ4v) is 2.18. The van der Waals surface area contributed by atoms with Gasteiger partial charge in [-0.2, -0.15) is 0 Å². The molecule has 2 heteroatoms. The summed E-state index contributed by atoms with van der Waals surface area (Å²) in [7, 11) is 0. The minimum Gasteiger partial charge on any atom is -0.397 e. The first kappa shape index (κ1) is 10.3. The summed E-state index contributed by atoms with van der Waals surface area (Å²) in [6, 6.07) is 6.93. The van der Waals surface area contributed by atoms with Gasteiger partial charge in [-0.3, -0.25) is 0 Å². The highest BCUT2D eigenvalue weighted by Crippen LogP contribution is 2.36. The summed E-state index contributed by atoms with van der Waals surface area (Å²) in [5.41, 5.74) is 9.57. The molecule has 1 aliphatic rings. The van der Waals surface area contributed by atoms with Crippen LogP contribution in [0.3, 0.4) is 0 Å². The van der Waals surface area contributed by atoms with Crippen LogP contribution in [0, 0.1) is 6.92 Å². The van der Waals surface area contributed by atoms with Crippen LogP contribution >= 0.6 is 0 Å². The average Bonchev–Trinajstić information content (AvgIpc) is 2.99. The highest BCUT2D eigenvalue weighted by atomic mass is 15.2. The Kier molecular flexibility index (Phi) is 2.85. The molecule has 0 aliphatic heterocycles. The number of rotatable bonds is 4. The molecule has 0 amide bonds. The van der Waals surface area contributed by atoms with Gasteiger partial charge in [0.25, 0.3) is 0 Å². The largest absolute Gasteiger partial charge is 0.397 e. The number of aryl methyl sites for hydroxylation is 1. The van der Waals surface area contributed by atoms with Crippen molar-refractivity contribution in [1.29, 1.82) is 0 Å². The second-order valence-electron chi connectivity index (χ2n) is 4.44. The molecule has 0 unspecified atom stereocenters. The summed E-state index contributed by atoms with van der Waals surface area (Å²) >= 11 is 0. The standard InChI is InChI=1S/C13H20N2/c1-3-9-15(11-7-8-11)13-10(2)5-4-6-12(13)14/h4-6,11H,3,7-9,14H2,1-2H3. The topological polar surface area (TPSA) is 29.3 Å². The predicted molar refractivity (Wildman–Crippen MR) is 66.3 cm³/mol. The maximum atomic E-state index is 6.08. The average molecular weight is 204 g/mol. The van der Waals surface area contributed by atoms with Crippen LogP contribution in [0.15, 0.2) is 18.2 Å². The quantitative estimate of drug-likeness (QED) is 0.764. The smallest absolute Gasteiger partial charge is 0.0632 e. The van der Waals surface area contributed by atoms with E-state index in [4.69, 9.17) is 5.73 Å². The van der Waals surface area contributed by atoms with Gasteiger partial charge in [-0.05, 0) is 37.8 Å². The van der Waals surface area contributed by atoms with Gasteiger partial charge in [0, 0.05) is 12.6 Å². The van der Waals surface area contributed by atoms with Crippen LogP contribution in [0.5, 0.6) is 0 Å². The predicted octanol–water partition coefficient (Wildman–Crippen LogP) is 2.96. The van der Waals surface area contributed by atoms with E-state index in [1.54, 1.807) is 0 Å². The Labute approximate surface area is 92.1 Å². The van der Waals surface area contributed by atoms with Crippen LogP contribution in [0.2, 0.25) is 0 Å². The van der Waals surface area contributed by atoms with E-state index in [-0.39, 0.29) is 0 Å². The summed E-state index contributed by atoms with van der Waals surface area (Å²) in [5, 5.41) is 0. The molecule has 1 aromatic carbocycles. The zero-order valence-corrected chi connectivity index (χ0v) is 9.66. The molecule has 0 saturated heterocycles. The third-order valence-electron chi connectivity index (χ3n) is 3.01. The molecule has 2 N–H and O–H groups in total. The number of anilines is 2. The Hall–Kier alpha value is -1.18. The Morgan fingerprint density at radius 1 is 1.40 bits per heavy atom. The molecule has 0 radical (unpaired) electrons. The van der Waals surface area contributed by atoms with Crippen LogP contribution in [0.1, 0.15) is 31.7 Å². The van der Waals surface area contributed by atoms with Gasteiger partial charge in [-0.25, -0.2) is 0 Å². The van der Waals surface area contributed by atoms with Crippen molar-refractivity contribution in [3.63, 3.8) is 0 Å². The maximum Gasteiger partial charge on any atom is 0.0632 e. The fourth-order valence-electron chi connectivity index (χ4n) is 2.18. The van der Waals surface area contributed by atoms with E-state index >= 15 is 0 Å². The van der Waals surface area contributed by atoms with Gasteiger partial charge in [0.15, 0.2) is 0 Å². The lowest BCUT2D eigenvalue weighted by Gasteiger charge is -2.27. The second-order valence-corrected chi connectivity index (χ2v) is 4.44. The first-order valence-corrected chi connectivity index (χ1v) is 5.85. The molecule has 1 aromatic rings. The van der Waals surface area contributed by atoms with Crippen molar-refractivity contribution in [3.05, 3.63) is 23.8 Å². The Balaban J connectivity index is 2.31. The van der Waals surface area contributed by atoms with Crippen molar-refractivity contribution < 1.29 is 0 Å². The summed E-state index contributed by atoms with van der Waals surface area (Å²) in [6.07, 6.45) is 3.84. The lowest BCUT2D eigenvalue weighted by Crippen LogP contribution is -2.28. The first-order chi connectivity index (χ1) is 7.24. The zero-order chi connectivity index (χ0) is 10.8. The van der Waals surface area contributed by atoms with E-state index in [1.807, 2.05) is 12.1 Å². The van der Waals surface area contributed by atoms with Crippen LogP contribution in [0.4, 0.5) is 11.4 Å². The molecule has 0 spiro atoms. The van der Waals surface area contributed by atoms with Crippen molar-refractivity contribution in [3.8, 4) is 0 Å². The fraction of sp³-hybridized carbons (Fsp3) is 0.538. The number of benzene rings is 1. The normalized spacial score (nSPS) is 15.3. The van der Waals surface area contributed by atoms with Crippen LogP contribution in [0.25, 0.3) is 0 Å². The van der Waals surface area contributed by atoms with Gasteiger partial charge in [0.1, 0.15) is 0 Å². The molecule has 0 atom stereocenters. The Bertz CT molecular complexity index is 322. The molecule has 2 rings (SSSR count). The monoisotopic (exact) mass is 204 g/mol. The number of nitrogen functional groups attached to an aromatic ring is 1. The summed E-state index contributed by atoms with van der Waals surface area (Å²) in [4.78, 5) is 2.49. The summed E-state index contributed by atoms with van der Waals surface area (Å²) < 4.78 is 0. The third kappa shape index (κ3) is 2.09. The van der Waals surface area contributed by atoms with Crippen LogP contribution in [-0.4, -0.2) is 12.6 Å². The molecule has 1 saturated carbocycles. The molecule has 15 heavy (non-hydrogen) atoms. The van der Waals surface area contributed by atoms with Crippen LogP contribution in [-0.2, 0) is 0 Å². The van der Waals surface area contributed by atoms with Gasteiger partial charge in [0.2, 0.25) is 0 Å². The van der Waals surface area contributed by atoms with Gasteiger partial charge >= 0.3 is 0 Å². The molecule has 82 valence electrons. The Morgan fingerprint density at radius 2 is 2.13 bits per heavy atom. The molecule has 0 bridgehead atoms. The number of hydrogen-bond donors (Lipinski definition) is 1.